The molecule has 3 aromatic rings. The summed E-state index contributed by atoms with van der Waals surface area (Å²) in [6.07, 6.45) is 3.04. The van der Waals surface area contributed by atoms with Gasteiger partial charge in [0, 0.05) is 5.69 Å². The van der Waals surface area contributed by atoms with Crippen LogP contribution in [0.2, 0.25) is 0 Å². The molecule has 1 aromatic heterocycles. The molecule has 0 bridgehead atoms. The molecule has 0 saturated heterocycles. The van der Waals surface area contributed by atoms with E-state index >= 15 is 0 Å². The highest BCUT2D eigenvalue weighted by molar-refractivity contribution is 6.08. The molecule has 0 aliphatic carbocycles. The Bertz CT molecular complexity index is 1110. The zero-order valence-electron chi connectivity index (χ0n) is 16.0. The van der Waals surface area contributed by atoms with Gasteiger partial charge in [-0.25, -0.2) is 9.48 Å². The number of nitrogens with one attached hydrogen (secondary N) is 2. The van der Waals surface area contributed by atoms with Crippen LogP contribution in [0.5, 0.6) is 0 Å². The van der Waals surface area contributed by atoms with Gasteiger partial charge in [-0.1, -0.05) is 36.4 Å². The molecule has 0 radical (unpaired) electrons. The van der Waals surface area contributed by atoms with Gasteiger partial charge < -0.3 is 15.7 Å². The van der Waals surface area contributed by atoms with E-state index in [1.54, 1.807) is 10.8 Å². The molecular weight excluding hydrogens is 368 g/mol. The van der Waals surface area contributed by atoms with Crippen LogP contribution in [0.15, 0.2) is 66.5 Å². The summed E-state index contributed by atoms with van der Waals surface area (Å²) in [6, 6.07) is 14.8. The lowest BCUT2D eigenvalue weighted by atomic mass is 10.0. The van der Waals surface area contributed by atoms with Gasteiger partial charge in [0.2, 0.25) is 0 Å². The van der Waals surface area contributed by atoms with E-state index in [0.717, 1.165) is 16.7 Å². The standard InChI is InChI=1S/C22H20N4O3/c1-13-8-14(2)10-16(9-13)24-21(27)17-12-23-26-19(15-6-4-3-5-7-15)11-18(22(28)29)25-20(17)26/h3-12,19,25H,1-2H3,(H,24,27)(H,28,29)/t19-/m0/s1. The molecule has 1 aliphatic heterocycles. The lowest BCUT2D eigenvalue weighted by Crippen LogP contribution is -2.25. The van der Waals surface area contributed by atoms with Crippen LogP contribution in [-0.4, -0.2) is 26.8 Å². The first-order valence-electron chi connectivity index (χ1n) is 9.16. The lowest BCUT2D eigenvalue weighted by Gasteiger charge is -2.24. The Kier molecular flexibility index (Phi) is 4.64. The Balaban J connectivity index is 1.71. The highest BCUT2D eigenvalue weighted by Crippen LogP contribution is 2.32. The minimum atomic E-state index is -1.10. The number of carbonyl (C=O) groups is 2. The summed E-state index contributed by atoms with van der Waals surface area (Å²) in [5.41, 5.74) is 3.91. The Morgan fingerprint density at radius 1 is 1.10 bits per heavy atom. The number of allylic oxidation sites excluding steroid dienone is 1. The Hall–Kier alpha value is -3.87. The molecule has 29 heavy (non-hydrogen) atoms. The number of aromatic nitrogens is 2. The Morgan fingerprint density at radius 2 is 1.79 bits per heavy atom. The van der Waals surface area contributed by atoms with Gasteiger partial charge in [0.1, 0.15) is 17.1 Å². The molecule has 0 saturated carbocycles. The van der Waals surface area contributed by atoms with Crippen LogP contribution >= 0.6 is 0 Å². The number of nitrogens with zero attached hydrogens (tertiary/aromatic N) is 2. The molecule has 2 heterocycles. The van der Waals surface area contributed by atoms with Crippen molar-refractivity contribution in [1.29, 1.82) is 0 Å². The molecule has 146 valence electrons. The van der Waals surface area contributed by atoms with Crippen molar-refractivity contribution in [1.82, 2.24) is 9.78 Å². The molecule has 4 rings (SSSR count). The van der Waals surface area contributed by atoms with Gasteiger partial charge in [-0.2, -0.15) is 5.10 Å². The maximum atomic E-state index is 12.9. The average Bonchev–Trinajstić information content (AvgIpc) is 3.11. The first kappa shape index (κ1) is 18.5. The summed E-state index contributed by atoms with van der Waals surface area (Å²) < 4.78 is 1.62. The molecule has 7 nitrogen and oxygen atoms in total. The van der Waals surface area contributed by atoms with E-state index < -0.39 is 12.0 Å². The van der Waals surface area contributed by atoms with Crippen molar-refractivity contribution in [3.63, 3.8) is 0 Å². The summed E-state index contributed by atoms with van der Waals surface area (Å²) in [4.78, 5) is 24.6. The molecule has 1 atom stereocenters. The largest absolute Gasteiger partial charge is 0.477 e. The van der Waals surface area contributed by atoms with E-state index in [9.17, 15) is 14.7 Å². The fourth-order valence-electron chi connectivity index (χ4n) is 3.52. The fourth-order valence-corrected chi connectivity index (χ4v) is 3.52. The second kappa shape index (κ2) is 7.27. The van der Waals surface area contributed by atoms with Gasteiger partial charge >= 0.3 is 5.97 Å². The molecule has 1 amide bonds. The van der Waals surface area contributed by atoms with Crippen molar-refractivity contribution in [2.75, 3.05) is 10.6 Å². The number of carboxylic acid groups (broad SMARTS) is 1. The van der Waals surface area contributed by atoms with E-state index in [0.29, 0.717) is 11.5 Å². The number of aliphatic carboxylic acids is 1. The topological polar surface area (TPSA) is 96.3 Å². The molecule has 2 aromatic carbocycles. The third kappa shape index (κ3) is 3.62. The summed E-state index contributed by atoms with van der Waals surface area (Å²) >= 11 is 0. The minimum absolute atomic E-state index is 0.00676. The second-order valence-electron chi connectivity index (χ2n) is 7.05. The van der Waals surface area contributed by atoms with Crippen molar-refractivity contribution >= 4 is 23.4 Å². The van der Waals surface area contributed by atoms with Crippen molar-refractivity contribution in [3.8, 4) is 0 Å². The Morgan fingerprint density at radius 3 is 2.45 bits per heavy atom. The second-order valence-corrected chi connectivity index (χ2v) is 7.05. The third-order valence-corrected chi connectivity index (χ3v) is 4.73. The highest BCUT2D eigenvalue weighted by atomic mass is 16.4. The molecule has 0 spiro atoms. The quantitative estimate of drug-likeness (QED) is 0.633. The number of amides is 1. The van der Waals surface area contributed by atoms with E-state index in [2.05, 4.69) is 15.7 Å². The first-order valence-corrected chi connectivity index (χ1v) is 9.16. The van der Waals surface area contributed by atoms with Gasteiger partial charge in [0.15, 0.2) is 0 Å². The summed E-state index contributed by atoms with van der Waals surface area (Å²) in [6.45, 7) is 3.92. The predicted molar refractivity (Wildman–Crippen MR) is 110 cm³/mol. The normalized spacial score (nSPS) is 15.1. The van der Waals surface area contributed by atoms with Gasteiger partial charge in [-0.15, -0.1) is 0 Å². The maximum absolute atomic E-state index is 12.9. The molecule has 0 fully saturated rings. The maximum Gasteiger partial charge on any atom is 0.352 e. The first-order chi connectivity index (χ1) is 13.9. The summed E-state index contributed by atoms with van der Waals surface area (Å²) in [5, 5.41) is 19.6. The predicted octanol–water partition coefficient (Wildman–Crippen LogP) is 3.74. The van der Waals surface area contributed by atoms with Crippen LogP contribution in [0.25, 0.3) is 0 Å². The molecule has 7 heteroatoms. The minimum Gasteiger partial charge on any atom is -0.477 e. The number of rotatable bonds is 4. The van der Waals surface area contributed by atoms with E-state index in [1.165, 1.54) is 6.20 Å². The van der Waals surface area contributed by atoms with Crippen molar-refractivity contribution in [2.45, 2.75) is 19.9 Å². The monoisotopic (exact) mass is 388 g/mol. The van der Waals surface area contributed by atoms with E-state index in [1.807, 2.05) is 62.4 Å². The van der Waals surface area contributed by atoms with E-state index in [-0.39, 0.29) is 17.2 Å². The van der Waals surface area contributed by atoms with Crippen LogP contribution < -0.4 is 10.6 Å². The van der Waals surface area contributed by atoms with E-state index in [4.69, 9.17) is 0 Å². The van der Waals surface area contributed by atoms with Crippen LogP contribution in [-0.2, 0) is 4.79 Å². The lowest BCUT2D eigenvalue weighted by molar-refractivity contribution is -0.132. The third-order valence-electron chi connectivity index (χ3n) is 4.73. The van der Waals surface area contributed by atoms with Gasteiger partial charge in [-0.3, -0.25) is 4.79 Å². The van der Waals surface area contributed by atoms with Gasteiger partial charge in [0.25, 0.3) is 5.91 Å². The van der Waals surface area contributed by atoms with Crippen LogP contribution in [0, 0.1) is 13.8 Å². The number of hydrogen-bond acceptors (Lipinski definition) is 4. The molecule has 1 aliphatic rings. The molecular formula is C22H20N4O3. The number of carboxylic acids is 1. The molecule has 0 unspecified atom stereocenters. The zero-order valence-corrected chi connectivity index (χ0v) is 16.0. The molecule has 3 N–H and O–H groups in total. The summed E-state index contributed by atoms with van der Waals surface area (Å²) in [5.74, 6) is -1.11. The highest BCUT2D eigenvalue weighted by Gasteiger charge is 2.29. The number of fused-ring (bicyclic) bond motifs is 1. The van der Waals surface area contributed by atoms with Gasteiger partial charge in [-0.05, 0) is 48.7 Å². The van der Waals surface area contributed by atoms with Crippen molar-refractivity contribution < 1.29 is 14.7 Å². The van der Waals surface area contributed by atoms with Crippen LogP contribution in [0.4, 0.5) is 11.5 Å². The zero-order chi connectivity index (χ0) is 20.5. The average molecular weight is 388 g/mol. The fraction of sp³-hybridized carbons (Fsp3) is 0.136. The van der Waals surface area contributed by atoms with Gasteiger partial charge in [0.05, 0.1) is 12.2 Å². The number of benzene rings is 2. The number of carbonyl (C=O) groups excluding carboxylic acids is 1. The number of aryl methyl sites for hydroxylation is 2. The van der Waals surface area contributed by atoms with Crippen molar-refractivity contribution in [3.05, 3.63) is 88.8 Å². The van der Waals surface area contributed by atoms with Crippen LogP contribution in [0.1, 0.15) is 33.1 Å². The van der Waals surface area contributed by atoms with Crippen LogP contribution in [0.3, 0.4) is 0 Å². The van der Waals surface area contributed by atoms with Crippen molar-refractivity contribution in [2.24, 2.45) is 0 Å². The smallest absolute Gasteiger partial charge is 0.352 e. The number of anilines is 2. The summed E-state index contributed by atoms with van der Waals surface area (Å²) in [7, 11) is 0. The number of hydrogen-bond donors (Lipinski definition) is 3. The SMILES string of the molecule is Cc1cc(C)cc(NC(=O)c2cnn3c2NC(C(=O)O)=C[C@H]3c2ccccc2)c1. The Labute approximate surface area is 167 Å².